The third-order valence-electron chi connectivity index (χ3n) is 2.97. The van der Waals surface area contributed by atoms with Gasteiger partial charge in [0.2, 0.25) is 0 Å². The number of benzene rings is 1. The highest BCUT2D eigenvalue weighted by molar-refractivity contribution is 5.33. The molecule has 1 N–H and O–H groups in total. The van der Waals surface area contributed by atoms with E-state index in [0.29, 0.717) is 19.4 Å². The average molecular weight is 313 g/mol. The van der Waals surface area contributed by atoms with E-state index < -0.39 is 23.5 Å². The average Bonchev–Trinajstić information content (AvgIpc) is 2.36. The van der Waals surface area contributed by atoms with Gasteiger partial charge in [0.25, 0.3) is 0 Å². The molecule has 0 saturated heterocycles. The molecule has 0 aliphatic rings. The largest absolute Gasteiger partial charge is 0.416 e. The van der Waals surface area contributed by atoms with Crippen LogP contribution in [0.25, 0.3) is 0 Å². The molecule has 0 heterocycles. The van der Waals surface area contributed by atoms with Crippen LogP contribution in [0.2, 0.25) is 0 Å². The van der Waals surface area contributed by atoms with Crippen LogP contribution in [0.15, 0.2) is 18.2 Å². The number of alkyl halides is 6. The van der Waals surface area contributed by atoms with Crippen molar-refractivity contribution < 1.29 is 26.3 Å². The molecule has 1 nitrogen and oxygen atoms in total. The van der Waals surface area contributed by atoms with Gasteiger partial charge in [0.1, 0.15) is 0 Å². The molecule has 0 unspecified atom stereocenters. The van der Waals surface area contributed by atoms with Crippen molar-refractivity contribution in [2.45, 2.75) is 38.5 Å². The minimum Gasteiger partial charge on any atom is -0.317 e. The Balaban J connectivity index is 2.88. The van der Waals surface area contributed by atoms with Gasteiger partial charge in [-0.25, -0.2) is 0 Å². The summed E-state index contributed by atoms with van der Waals surface area (Å²) in [5.74, 6) is 0. The number of halogens is 6. The zero-order valence-corrected chi connectivity index (χ0v) is 11.5. The highest BCUT2D eigenvalue weighted by Gasteiger charge is 2.36. The molecule has 0 fully saturated rings. The van der Waals surface area contributed by atoms with Crippen molar-refractivity contribution in [2.75, 3.05) is 13.1 Å². The van der Waals surface area contributed by atoms with Crippen LogP contribution >= 0.6 is 0 Å². The van der Waals surface area contributed by atoms with Crippen molar-refractivity contribution in [3.63, 3.8) is 0 Å². The van der Waals surface area contributed by atoms with E-state index in [4.69, 9.17) is 0 Å². The molecule has 0 radical (unpaired) electrons. The summed E-state index contributed by atoms with van der Waals surface area (Å²) < 4.78 is 75.9. The van der Waals surface area contributed by atoms with E-state index in [9.17, 15) is 26.3 Å². The van der Waals surface area contributed by atoms with E-state index in [1.165, 1.54) is 0 Å². The Morgan fingerprint density at radius 2 is 1.38 bits per heavy atom. The second-order valence-electron chi connectivity index (χ2n) is 4.72. The van der Waals surface area contributed by atoms with Gasteiger partial charge in [0.15, 0.2) is 0 Å². The Kier molecular flexibility index (Phi) is 6.07. The molecule has 7 heteroatoms. The summed E-state index contributed by atoms with van der Waals surface area (Å²) >= 11 is 0. The monoisotopic (exact) mass is 313 g/mol. The van der Waals surface area contributed by atoms with E-state index in [1.54, 1.807) is 0 Å². The Morgan fingerprint density at radius 3 is 1.81 bits per heavy atom. The van der Waals surface area contributed by atoms with Gasteiger partial charge in [-0.1, -0.05) is 6.92 Å². The van der Waals surface area contributed by atoms with Crippen LogP contribution < -0.4 is 5.32 Å². The summed E-state index contributed by atoms with van der Waals surface area (Å²) in [4.78, 5) is 0. The summed E-state index contributed by atoms with van der Waals surface area (Å²) in [5, 5.41) is 3.05. The van der Waals surface area contributed by atoms with E-state index in [0.717, 1.165) is 18.7 Å². The highest BCUT2D eigenvalue weighted by atomic mass is 19.4. The van der Waals surface area contributed by atoms with Crippen LogP contribution in [0, 0.1) is 0 Å². The first-order valence-corrected chi connectivity index (χ1v) is 6.63. The van der Waals surface area contributed by atoms with Crippen molar-refractivity contribution >= 4 is 0 Å². The van der Waals surface area contributed by atoms with Gasteiger partial charge in [-0.15, -0.1) is 0 Å². The quantitative estimate of drug-likeness (QED) is 0.595. The smallest absolute Gasteiger partial charge is 0.317 e. The first-order chi connectivity index (χ1) is 9.64. The Morgan fingerprint density at radius 1 is 0.857 bits per heavy atom. The van der Waals surface area contributed by atoms with Crippen LogP contribution in [-0.4, -0.2) is 13.1 Å². The Hall–Kier alpha value is -1.24. The zero-order chi connectivity index (χ0) is 16.1. The number of unbranched alkanes of at least 4 members (excludes halogenated alkanes) is 1. The molecule has 0 aromatic heterocycles. The second-order valence-corrected chi connectivity index (χ2v) is 4.72. The van der Waals surface area contributed by atoms with Crippen molar-refractivity contribution in [1.82, 2.24) is 5.32 Å². The maximum atomic E-state index is 12.6. The fourth-order valence-electron chi connectivity index (χ4n) is 1.92. The molecule has 0 aliphatic heterocycles. The first-order valence-electron chi connectivity index (χ1n) is 6.63. The number of aryl methyl sites for hydroxylation is 1. The van der Waals surface area contributed by atoms with Gasteiger partial charge in [0, 0.05) is 0 Å². The van der Waals surface area contributed by atoms with Crippen LogP contribution in [0.4, 0.5) is 26.3 Å². The number of nitrogens with one attached hydrogen (secondary N) is 1. The molecule has 1 aromatic rings. The van der Waals surface area contributed by atoms with Crippen molar-refractivity contribution in [3.05, 3.63) is 34.9 Å². The van der Waals surface area contributed by atoms with Crippen LogP contribution in [0.5, 0.6) is 0 Å². The predicted molar refractivity (Wildman–Crippen MR) is 67.9 cm³/mol. The summed E-state index contributed by atoms with van der Waals surface area (Å²) in [6.45, 7) is 3.39. The summed E-state index contributed by atoms with van der Waals surface area (Å²) in [6, 6.07) is 1.74. The van der Waals surface area contributed by atoms with Crippen LogP contribution in [0.3, 0.4) is 0 Å². The standard InChI is InChI=1S/C14H17F6N/c1-2-21-6-4-3-5-10-7-11(13(15,16)17)9-12(8-10)14(18,19)20/h7-9,21H,2-6H2,1H3. The number of rotatable bonds is 6. The van der Waals surface area contributed by atoms with Gasteiger partial charge in [-0.05, 0) is 56.1 Å². The molecule has 0 saturated carbocycles. The van der Waals surface area contributed by atoms with Crippen LogP contribution in [0.1, 0.15) is 36.5 Å². The summed E-state index contributed by atoms with van der Waals surface area (Å²) in [6.07, 6.45) is -8.13. The van der Waals surface area contributed by atoms with Gasteiger partial charge in [-0.2, -0.15) is 26.3 Å². The van der Waals surface area contributed by atoms with Crippen molar-refractivity contribution in [1.29, 1.82) is 0 Å². The molecule has 0 spiro atoms. The van der Waals surface area contributed by atoms with Gasteiger partial charge >= 0.3 is 12.4 Å². The maximum Gasteiger partial charge on any atom is 0.416 e. The molecule has 0 bridgehead atoms. The molecular formula is C14H17F6N. The number of hydrogen-bond donors (Lipinski definition) is 1. The zero-order valence-electron chi connectivity index (χ0n) is 11.5. The van der Waals surface area contributed by atoms with Gasteiger partial charge in [0.05, 0.1) is 11.1 Å². The van der Waals surface area contributed by atoms with E-state index in [2.05, 4.69) is 5.32 Å². The van der Waals surface area contributed by atoms with Crippen molar-refractivity contribution in [2.24, 2.45) is 0 Å². The lowest BCUT2D eigenvalue weighted by Crippen LogP contribution is -2.14. The Labute approximate surface area is 119 Å². The lowest BCUT2D eigenvalue weighted by Gasteiger charge is -2.14. The summed E-state index contributed by atoms with van der Waals surface area (Å²) in [5.41, 5.74) is -2.44. The summed E-state index contributed by atoms with van der Waals surface area (Å²) in [7, 11) is 0. The lowest BCUT2D eigenvalue weighted by atomic mass is 10.0. The molecular weight excluding hydrogens is 296 g/mol. The highest BCUT2D eigenvalue weighted by Crippen LogP contribution is 2.36. The van der Waals surface area contributed by atoms with E-state index in [-0.39, 0.29) is 18.1 Å². The van der Waals surface area contributed by atoms with E-state index >= 15 is 0 Å². The number of hydrogen-bond acceptors (Lipinski definition) is 1. The third kappa shape index (κ3) is 5.95. The fourth-order valence-corrected chi connectivity index (χ4v) is 1.92. The molecule has 0 amide bonds. The molecule has 21 heavy (non-hydrogen) atoms. The molecule has 1 rings (SSSR count). The van der Waals surface area contributed by atoms with Gasteiger partial charge < -0.3 is 5.32 Å². The maximum absolute atomic E-state index is 12.6. The molecule has 1 aromatic carbocycles. The predicted octanol–water partition coefficient (Wildman–Crippen LogP) is 4.66. The minimum atomic E-state index is -4.78. The molecule has 120 valence electrons. The van der Waals surface area contributed by atoms with Gasteiger partial charge in [-0.3, -0.25) is 0 Å². The normalized spacial score (nSPS) is 12.7. The minimum absolute atomic E-state index is 0.0636. The topological polar surface area (TPSA) is 12.0 Å². The molecule has 0 atom stereocenters. The second kappa shape index (κ2) is 7.15. The SMILES string of the molecule is CCNCCCCc1cc(C(F)(F)F)cc(C(F)(F)F)c1. The third-order valence-corrected chi connectivity index (χ3v) is 2.97. The fraction of sp³-hybridized carbons (Fsp3) is 0.571. The van der Waals surface area contributed by atoms with Crippen LogP contribution in [-0.2, 0) is 18.8 Å². The lowest BCUT2D eigenvalue weighted by molar-refractivity contribution is -0.143. The van der Waals surface area contributed by atoms with Crippen molar-refractivity contribution in [3.8, 4) is 0 Å². The van der Waals surface area contributed by atoms with E-state index in [1.807, 2.05) is 6.92 Å². The first kappa shape index (κ1) is 17.8. The molecule has 0 aliphatic carbocycles. The Bertz CT molecular complexity index is 418.